The average molecular weight is 147 g/mol. The van der Waals surface area contributed by atoms with E-state index >= 15 is 0 Å². The van der Waals surface area contributed by atoms with Crippen molar-refractivity contribution in [3.8, 4) is 0 Å². The minimum absolute atomic E-state index is 1.16. The minimum atomic E-state index is -2.62. The lowest BCUT2D eigenvalue weighted by Crippen LogP contribution is -1.52. The van der Waals surface area contributed by atoms with Crippen molar-refractivity contribution in [3.63, 3.8) is 0 Å². The maximum atomic E-state index is 11.6. The van der Waals surface area contributed by atoms with Gasteiger partial charge in [-0.15, -0.1) is 0 Å². The third-order valence-corrected chi connectivity index (χ3v) is 1.68. The first-order chi connectivity index (χ1) is 3.31. The summed E-state index contributed by atoms with van der Waals surface area (Å²) in [4.78, 5) is 0. The number of hydrogen-bond acceptors (Lipinski definition) is 2. The Kier molecular flexibility index (Phi) is 4.95. The van der Waals surface area contributed by atoms with E-state index in [-0.39, 0.29) is 0 Å². The van der Waals surface area contributed by atoms with Crippen LogP contribution in [0.5, 0.6) is 0 Å². The van der Waals surface area contributed by atoms with Crippen LogP contribution in [0.4, 0.5) is 8.39 Å². The predicted octanol–water partition coefficient (Wildman–Crippen LogP) is 2.31. The topological polar surface area (TPSA) is 21.6 Å². The van der Waals surface area contributed by atoms with Gasteiger partial charge in [-0.05, 0) is 0 Å². The summed E-state index contributed by atoms with van der Waals surface area (Å²) in [5, 5.41) is 0. The van der Waals surface area contributed by atoms with Crippen molar-refractivity contribution >= 4 is 17.3 Å². The van der Waals surface area contributed by atoms with Gasteiger partial charge in [0.05, 0.1) is 0 Å². The third kappa shape index (κ3) is 4.33. The molecule has 6 heteroatoms. The zero-order valence-electron chi connectivity index (χ0n) is 3.61. The average Bonchev–Trinajstić information content (AvgIpc) is 1.68. The number of nitrogens with zero attached hydrogens (tertiary/aromatic N) is 1. The molecular formula is CH5F2NOP2. The van der Waals surface area contributed by atoms with Gasteiger partial charge in [-0.25, -0.2) is 4.20 Å². The summed E-state index contributed by atoms with van der Waals surface area (Å²) >= 11 is 0. The van der Waals surface area contributed by atoms with Crippen LogP contribution < -0.4 is 0 Å². The Labute approximate surface area is 42.9 Å². The highest BCUT2D eigenvalue weighted by atomic mass is 31.2. The fourth-order valence-electron chi connectivity index (χ4n) is 0.0789. The van der Waals surface area contributed by atoms with Crippen LogP contribution >= 0.6 is 17.3 Å². The van der Waals surface area contributed by atoms with Gasteiger partial charge in [-0.3, -0.25) is 0 Å². The van der Waals surface area contributed by atoms with E-state index in [1.807, 2.05) is 0 Å². The number of hydrogen-bond donors (Lipinski definition) is 0. The zero-order valence-corrected chi connectivity index (χ0v) is 5.61. The Bertz CT molecular complexity index is 76.1. The molecule has 0 aromatic rings. The fourth-order valence-corrected chi connectivity index (χ4v) is 0.710. The summed E-state index contributed by atoms with van der Waals surface area (Å²) in [5.74, 6) is 0. The SMILES string of the molecule is CO/[PH](F)=N\PF. The number of rotatable bonds is 2. The standard InChI is InChI=1S/CH5F2NOP2/c1-5-7(3)4-6-2/h6-7H,1H3. The van der Waals surface area contributed by atoms with E-state index in [1.165, 1.54) is 0 Å². The fraction of sp³-hybridized carbons (Fsp3) is 1.00. The van der Waals surface area contributed by atoms with E-state index in [9.17, 15) is 8.39 Å². The first kappa shape index (κ1) is 7.48. The first-order valence-corrected chi connectivity index (χ1v) is 3.50. The van der Waals surface area contributed by atoms with Gasteiger partial charge in [-0.1, -0.05) is 0 Å². The molecule has 2 nitrogen and oxygen atoms in total. The normalized spacial score (nSPS) is 16.4. The molecule has 2 unspecified atom stereocenters. The Balaban J connectivity index is 3.29. The second kappa shape index (κ2) is 4.63. The molecular weight excluding hydrogens is 142 g/mol. The minimum Gasteiger partial charge on any atom is -0.326 e. The largest absolute Gasteiger partial charge is 0.326 e. The summed E-state index contributed by atoms with van der Waals surface area (Å²) in [6, 6.07) is 0. The van der Waals surface area contributed by atoms with Crippen LogP contribution in [0, 0.1) is 0 Å². The van der Waals surface area contributed by atoms with E-state index in [2.05, 4.69) is 9.04 Å². The molecule has 7 heavy (non-hydrogen) atoms. The van der Waals surface area contributed by atoms with E-state index in [4.69, 9.17) is 0 Å². The van der Waals surface area contributed by atoms with Crippen LogP contribution in [0.2, 0.25) is 0 Å². The van der Waals surface area contributed by atoms with Gasteiger partial charge in [0, 0.05) is 7.11 Å². The second-order valence-corrected chi connectivity index (χ2v) is 2.63. The van der Waals surface area contributed by atoms with E-state index in [0.29, 0.717) is 0 Å². The quantitative estimate of drug-likeness (QED) is 0.549. The van der Waals surface area contributed by atoms with Crippen molar-refractivity contribution in [3.05, 3.63) is 0 Å². The molecule has 0 amide bonds. The lowest BCUT2D eigenvalue weighted by Gasteiger charge is -1.86. The molecule has 0 saturated heterocycles. The van der Waals surface area contributed by atoms with Crippen molar-refractivity contribution in [2.24, 2.45) is 4.52 Å². The number of halogens is 2. The third-order valence-electron chi connectivity index (χ3n) is 0.299. The molecule has 0 bridgehead atoms. The van der Waals surface area contributed by atoms with Crippen LogP contribution in [0.15, 0.2) is 4.52 Å². The van der Waals surface area contributed by atoms with Crippen LogP contribution in [-0.4, -0.2) is 7.11 Å². The highest BCUT2D eigenvalue weighted by Crippen LogP contribution is 2.34. The maximum absolute atomic E-state index is 11.6. The molecule has 0 aromatic carbocycles. The van der Waals surface area contributed by atoms with Gasteiger partial charge in [0.15, 0.2) is 9.04 Å². The Morgan fingerprint density at radius 2 is 2.43 bits per heavy atom. The Morgan fingerprint density at radius 3 is 2.57 bits per heavy atom. The van der Waals surface area contributed by atoms with Crippen LogP contribution in [-0.2, 0) is 4.52 Å². The van der Waals surface area contributed by atoms with Crippen molar-refractivity contribution in [1.82, 2.24) is 0 Å². The highest BCUT2D eigenvalue weighted by Gasteiger charge is 1.82. The molecule has 0 heterocycles. The Hall–Kier alpha value is 0.480. The summed E-state index contributed by atoms with van der Waals surface area (Å²) in [7, 11) is -2.64. The molecule has 0 radical (unpaired) electrons. The van der Waals surface area contributed by atoms with Crippen molar-refractivity contribution in [2.45, 2.75) is 0 Å². The summed E-state index contributed by atoms with van der Waals surface area (Å²) in [5.41, 5.74) is 0. The highest BCUT2D eigenvalue weighted by molar-refractivity contribution is 7.45. The monoisotopic (exact) mass is 147 g/mol. The van der Waals surface area contributed by atoms with Gasteiger partial charge in [0.1, 0.15) is 0 Å². The molecule has 0 N–H and O–H groups in total. The lowest BCUT2D eigenvalue weighted by molar-refractivity contribution is 0.441. The molecule has 2 atom stereocenters. The molecule has 0 fully saturated rings. The zero-order chi connectivity index (χ0) is 5.70. The molecule has 0 saturated carbocycles. The first-order valence-electron chi connectivity index (χ1n) is 1.44. The van der Waals surface area contributed by atoms with Gasteiger partial charge >= 0.3 is 0 Å². The van der Waals surface area contributed by atoms with Crippen molar-refractivity contribution in [2.75, 3.05) is 7.11 Å². The van der Waals surface area contributed by atoms with E-state index < -0.39 is 17.3 Å². The summed E-state index contributed by atoms with van der Waals surface area (Å²) in [6.07, 6.45) is 0. The molecule has 44 valence electrons. The summed E-state index contributed by atoms with van der Waals surface area (Å²) < 4.78 is 29.5. The van der Waals surface area contributed by atoms with Crippen LogP contribution in [0.25, 0.3) is 0 Å². The molecule has 0 aliphatic carbocycles. The van der Waals surface area contributed by atoms with Crippen molar-refractivity contribution < 1.29 is 12.9 Å². The van der Waals surface area contributed by atoms with Gasteiger partial charge in [-0.2, -0.15) is 8.71 Å². The van der Waals surface area contributed by atoms with Gasteiger partial charge in [0.25, 0.3) is 0 Å². The van der Waals surface area contributed by atoms with Crippen LogP contribution in [0.3, 0.4) is 0 Å². The van der Waals surface area contributed by atoms with Crippen LogP contribution in [0.1, 0.15) is 0 Å². The molecule has 0 aliphatic rings. The maximum Gasteiger partial charge on any atom is 0.248 e. The smallest absolute Gasteiger partial charge is 0.248 e. The molecule has 0 aliphatic heterocycles. The molecule has 0 rings (SSSR count). The predicted molar refractivity (Wildman–Crippen MR) is 28.3 cm³/mol. The van der Waals surface area contributed by atoms with E-state index in [0.717, 1.165) is 7.11 Å². The summed E-state index contributed by atoms with van der Waals surface area (Å²) in [6.45, 7) is 0. The molecule has 0 aromatic heterocycles. The van der Waals surface area contributed by atoms with Gasteiger partial charge in [0.2, 0.25) is 8.25 Å². The second-order valence-electron chi connectivity index (χ2n) is 0.653. The lowest BCUT2D eigenvalue weighted by atomic mass is 11.8. The Morgan fingerprint density at radius 1 is 1.86 bits per heavy atom. The van der Waals surface area contributed by atoms with Crippen molar-refractivity contribution in [1.29, 1.82) is 0 Å². The van der Waals surface area contributed by atoms with Gasteiger partial charge < -0.3 is 4.52 Å². The molecule has 0 spiro atoms. The van der Waals surface area contributed by atoms with E-state index in [1.54, 1.807) is 0 Å².